The Morgan fingerprint density at radius 3 is 2.39 bits per heavy atom. The average Bonchev–Trinajstić information content (AvgIpc) is 2.51. The van der Waals surface area contributed by atoms with Crippen LogP contribution in [0.5, 0.6) is 0 Å². The number of halogens is 2. The van der Waals surface area contributed by atoms with Gasteiger partial charge in [0.05, 0.1) is 11.5 Å². The lowest BCUT2D eigenvalue weighted by molar-refractivity contribution is 0.121. The topological polar surface area (TPSA) is 58.6 Å². The predicted octanol–water partition coefficient (Wildman–Crippen LogP) is 1.60. The fourth-order valence-corrected chi connectivity index (χ4v) is 3.79. The van der Waals surface area contributed by atoms with Crippen molar-refractivity contribution in [1.29, 1.82) is 0 Å². The van der Waals surface area contributed by atoms with Crippen LogP contribution in [0.15, 0.2) is 23.1 Å². The molecule has 1 saturated heterocycles. The van der Waals surface area contributed by atoms with E-state index in [1.165, 1.54) is 0 Å². The molecular weight excluding hydrogens is 326 g/mol. The molecule has 2 rings (SSSR count). The molecule has 5 nitrogen and oxygen atoms in total. The zero-order valence-corrected chi connectivity index (χ0v) is 13.9. The Kier molecular flexibility index (Phi) is 6.46. The molecule has 0 aliphatic carbocycles. The van der Waals surface area contributed by atoms with Crippen LogP contribution in [-0.4, -0.2) is 53.2 Å². The van der Waals surface area contributed by atoms with Gasteiger partial charge in [0.1, 0.15) is 11.6 Å². The van der Waals surface area contributed by atoms with E-state index in [4.69, 9.17) is 4.74 Å². The molecule has 1 aliphatic heterocycles. The molecule has 0 unspecified atom stereocenters. The van der Waals surface area contributed by atoms with Crippen molar-refractivity contribution in [1.82, 2.24) is 9.62 Å². The second-order valence-electron chi connectivity index (χ2n) is 5.73. The van der Waals surface area contributed by atoms with Gasteiger partial charge in [0, 0.05) is 26.3 Å². The smallest absolute Gasteiger partial charge is 0.240 e. The maximum Gasteiger partial charge on any atom is 0.240 e. The Balaban J connectivity index is 1.86. The third kappa shape index (κ3) is 5.49. The van der Waals surface area contributed by atoms with Gasteiger partial charge < -0.3 is 9.64 Å². The Hall–Kier alpha value is -1.09. The number of hydrogen-bond acceptors (Lipinski definition) is 4. The maximum atomic E-state index is 13.2. The number of benzene rings is 1. The third-order valence-corrected chi connectivity index (χ3v) is 5.43. The van der Waals surface area contributed by atoms with E-state index in [0.717, 1.165) is 44.6 Å². The zero-order valence-electron chi connectivity index (χ0n) is 13.1. The van der Waals surface area contributed by atoms with Crippen molar-refractivity contribution < 1.29 is 21.9 Å². The van der Waals surface area contributed by atoms with Crippen LogP contribution in [0.3, 0.4) is 0 Å². The fraction of sp³-hybridized carbons (Fsp3) is 0.600. The van der Waals surface area contributed by atoms with Gasteiger partial charge in [-0.2, -0.15) is 0 Å². The molecule has 0 radical (unpaired) electrons. The first kappa shape index (κ1) is 18.3. The molecular formula is C15H22F2N2O3S. The molecule has 23 heavy (non-hydrogen) atoms. The minimum atomic E-state index is -3.90. The first-order chi connectivity index (χ1) is 10.9. The first-order valence-corrected chi connectivity index (χ1v) is 9.06. The number of hydrogen-bond donors (Lipinski definition) is 1. The van der Waals surface area contributed by atoms with E-state index in [9.17, 15) is 17.2 Å². The van der Waals surface area contributed by atoms with E-state index in [2.05, 4.69) is 9.62 Å². The summed E-state index contributed by atoms with van der Waals surface area (Å²) < 4.78 is 58.0. The van der Waals surface area contributed by atoms with E-state index in [0.29, 0.717) is 12.7 Å². The lowest BCUT2D eigenvalue weighted by Crippen LogP contribution is -2.39. The summed E-state index contributed by atoms with van der Waals surface area (Å²) in [6.07, 6.45) is 1.76. The largest absolute Gasteiger partial charge is 0.383 e. The van der Waals surface area contributed by atoms with Gasteiger partial charge in [0.15, 0.2) is 0 Å². The summed E-state index contributed by atoms with van der Waals surface area (Å²) in [4.78, 5) is 1.89. The first-order valence-electron chi connectivity index (χ1n) is 7.58. The summed E-state index contributed by atoms with van der Waals surface area (Å²) in [5.41, 5.74) is 0. The lowest BCUT2D eigenvalue weighted by atomic mass is 9.97. The van der Waals surface area contributed by atoms with E-state index < -0.39 is 21.7 Å². The van der Waals surface area contributed by atoms with Crippen molar-refractivity contribution in [3.8, 4) is 0 Å². The van der Waals surface area contributed by atoms with Crippen LogP contribution < -0.4 is 4.72 Å². The molecule has 0 saturated carbocycles. The van der Waals surface area contributed by atoms with Gasteiger partial charge >= 0.3 is 0 Å². The number of nitrogens with zero attached hydrogens (tertiary/aromatic N) is 1. The van der Waals surface area contributed by atoms with E-state index in [-0.39, 0.29) is 17.4 Å². The zero-order chi connectivity index (χ0) is 16.9. The second-order valence-corrected chi connectivity index (χ2v) is 7.50. The Bertz CT molecular complexity index is 597. The van der Waals surface area contributed by atoms with Crippen LogP contribution in [0.25, 0.3) is 0 Å². The molecule has 8 heteroatoms. The van der Waals surface area contributed by atoms with Gasteiger partial charge in [-0.05, 0) is 44.0 Å². The molecule has 130 valence electrons. The van der Waals surface area contributed by atoms with Gasteiger partial charge in [-0.1, -0.05) is 0 Å². The standard InChI is InChI=1S/C15H22F2N2O3S/c1-22-7-6-19-4-2-12(3-5-19)11-18-23(20,21)15-9-13(16)8-14(17)10-15/h8-10,12,18H,2-7,11H2,1H3. The summed E-state index contributed by atoms with van der Waals surface area (Å²) in [6.45, 7) is 3.62. The van der Waals surface area contributed by atoms with Gasteiger partial charge in [0.2, 0.25) is 10.0 Å². The quantitative estimate of drug-likeness (QED) is 0.813. The predicted molar refractivity (Wildman–Crippen MR) is 82.6 cm³/mol. The monoisotopic (exact) mass is 348 g/mol. The van der Waals surface area contributed by atoms with Crippen LogP contribution in [0.1, 0.15) is 12.8 Å². The Morgan fingerprint density at radius 2 is 1.83 bits per heavy atom. The van der Waals surface area contributed by atoms with Crippen LogP contribution >= 0.6 is 0 Å². The summed E-state index contributed by atoms with van der Waals surface area (Å²) in [5, 5.41) is 0. The highest BCUT2D eigenvalue weighted by Gasteiger charge is 2.22. The van der Waals surface area contributed by atoms with Gasteiger partial charge in [-0.15, -0.1) is 0 Å². The number of sulfonamides is 1. The SMILES string of the molecule is COCCN1CCC(CNS(=O)(=O)c2cc(F)cc(F)c2)CC1. The molecule has 1 heterocycles. The molecule has 1 N–H and O–H groups in total. The van der Waals surface area contributed by atoms with Crippen molar-refractivity contribution in [2.75, 3.05) is 39.9 Å². The third-order valence-electron chi connectivity index (χ3n) is 4.03. The minimum Gasteiger partial charge on any atom is -0.383 e. The lowest BCUT2D eigenvalue weighted by Gasteiger charge is -2.31. The second kappa shape index (κ2) is 8.14. The molecule has 0 amide bonds. The average molecular weight is 348 g/mol. The van der Waals surface area contributed by atoms with Crippen LogP contribution in [0, 0.1) is 17.6 Å². The summed E-state index contributed by atoms with van der Waals surface area (Å²) >= 11 is 0. The fourth-order valence-electron chi connectivity index (χ4n) is 2.63. The van der Waals surface area contributed by atoms with Crippen molar-refractivity contribution in [2.24, 2.45) is 5.92 Å². The number of piperidine rings is 1. The van der Waals surface area contributed by atoms with E-state index >= 15 is 0 Å². The molecule has 0 aromatic heterocycles. The van der Waals surface area contributed by atoms with Crippen molar-refractivity contribution in [2.45, 2.75) is 17.7 Å². The van der Waals surface area contributed by atoms with E-state index in [1.807, 2.05) is 0 Å². The molecule has 1 aliphatic rings. The normalized spacial score (nSPS) is 17.5. The summed E-state index contributed by atoms with van der Waals surface area (Å²) in [7, 11) is -2.23. The van der Waals surface area contributed by atoms with Crippen molar-refractivity contribution >= 4 is 10.0 Å². The minimum absolute atomic E-state index is 0.224. The molecule has 0 spiro atoms. The highest BCUT2D eigenvalue weighted by Crippen LogP contribution is 2.18. The highest BCUT2D eigenvalue weighted by atomic mass is 32.2. The number of methoxy groups -OCH3 is 1. The number of rotatable bonds is 7. The molecule has 1 aromatic rings. The molecule has 1 fully saturated rings. The highest BCUT2D eigenvalue weighted by molar-refractivity contribution is 7.89. The van der Waals surface area contributed by atoms with Crippen molar-refractivity contribution in [3.63, 3.8) is 0 Å². The number of nitrogens with one attached hydrogen (secondary N) is 1. The van der Waals surface area contributed by atoms with E-state index in [1.54, 1.807) is 7.11 Å². The van der Waals surface area contributed by atoms with Crippen molar-refractivity contribution in [3.05, 3.63) is 29.8 Å². The summed E-state index contributed by atoms with van der Waals surface area (Å²) in [6, 6.07) is 2.28. The van der Waals surface area contributed by atoms with Gasteiger partial charge in [-0.3, -0.25) is 0 Å². The Labute approximate surface area is 135 Å². The van der Waals surface area contributed by atoms with Crippen LogP contribution in [0.2, 0.25) is 0 Å². The molecule has 0 bridgehead atoms. The van der Waals surface area contributed by atoms with Gasteiger partial charge in [0.25, 0.3) is 0 Å². The molecule has 1 aromatic carbocycles. The molecule has 0 atom stereocenters. The maximum absolute atomic E-state index is 13.2. The number of likely N-dealkylation sites (tertiary alicyclic amines) is 1. The summed E-state index contributed by atoms with van der Waals surface area (Å²) in [5.74, 6) is -1.59. The van der Waals surface area contributed by atoms with Crippen LogP contribution in [-0.2, 0) is 14.8 Å². The number of ether oxygens (including phenoxy) is 1. The van der Waals surface area contributed by atoms with Crippen LogP contribution in [0.4, 0.5) is 8.78 Å². The van der Waals surface area contributed by atoms with Gasteiger partial charge in [-0.25, -0.2) is 21.9 Å². The Morgan fingerprint density at radius 1 is 1.22 bits per heavy atom.